The fraction of sp³-hybridized carbons (Fsp3) is 0.125. The maximum Gasteiger partial charge on any atom is 0.337 e. The summed E-state index contributed by atoms with van der Waals surface area (Å²) in [6.45, 7) is 0.230. The molecule has 2 aromatic carbocycles. The van der Waals surface area contributed by atoms with E-state index in [1.807, 2.05) is 18.2 Å². The van der Waals surface area contributed by atoms with Gasteiger partial charge in [0.1, 0.15) is 0 Å². The lowest BCUT2D eigenvalue weighted by molar-refractivity contribution is 0.0601. The summed E-state index contributed by atoms with van der Waals surface area (Å²) in [6.07, 6.45) is 0. The lowest BCUT2D eigenvalue weighted by Crippen LogP contribution is -2.19. The van der Waals surface area contributed by atoms with Crippen LogP contribution in [0.25, 0.3) is 0 Å². The summed E-state index contributed by atoms with van der Waals surface area (Å²) < 4.78 is 15.2. The van der Waals surface area contributed by atoms with Gasteiger partial charge in [0.15, 0.2) is 16.6 Å². The number of hydrogen-bond donors (Lipinski definition) is 2. The third-order valence-corrected chi connectivity index (χ3v) is 3.40. The topological polar surface area (TPSA) is 68.8 Å². The molecule has 1 aliphatic rings. The van der Waals surface area contributed by atoms with Crippen LogP contribution in [0.15, 0.2) is 42.5 Å². The summed E-state index contributed by atoms with van der Waals surface area (Å²) in [5.74, 6) is 1.02. The molecule has 0 spiro atoms. The Morgan fingerprint density at radius 1 is 1.04 bits per heavy atom. The fourth-order valence-corrected chi connectivity index (χ4v) is 2.31. The van der Waals surface area contributed by atoms with Gasteiger partial charge in [0.25, 0.3) is 0 Å². The van der Waals surface area contributed by atoms with E-state index in [0.717, 1.165) is 11.4 Å². The molecule has 23 heavy (non-hydrogen) atoms. The molecule has 0 radical (unpaired) electrons. The van der Waals surface area contributed by atoms with Crippen LogP contribution in [0.2, 0.25) is 0 Å². The minimum Gasteiger partial charge on any atom is -0.465 e. The molecule has 0 saturated heterocycles. The molecule has 3 rings (SSSR count). The minimum atomic E-state index is -0.377. The quantitative estimate of drug-likeness (QED) is 0.662. The highest BCUT2D eigenvalue weighted by molar-refractivity contribution is 7.80. The zero-order valence-corrected chi connectivity index (χ0v) is 13.1. The van der Waals surface area contributed by atoms with Gasteiger partial charge in [-0.15, -0.1) is 0 Å². The molecule has 0 unspecified atom stereocenters. The summed E-state index contributed by atoms with van der Waals surface area (Å²) in [5, 5.41) is 6.53. The van der Waals surface area contributed by atoms with Crippen LogP contribution >= 0.6 is 12.2 Å². The van der Waals surface area contributed by atoms with Crippen molar-refractivity contribution in [3.63, 3.8) is 0 Å². The number of methoxy groups -OCH3 is 1. The van der Waals surface area contributed by atoms with Crippen molar-refractivity contribution in [1.29, 1.82) is 0 Å². The highest BCUT2D eigenvalue weighted by atomic mass is 32.1. The van der Waals surface area contributed by atoms with Gasteiger partial charge in [0.2, 0.25) is 6.79 Å². The van der Waals surface area contributed by atoms with Crippen LogP contribution in [-0.2, 0) is 4.74 Å². The van der Waals surface area contributed by atoms with Crippen molar-refractivity contribution < 1.29 is 19.0 Å². The molecule has 0 fully saturated rings. The maximum atomic E-state index is 11.4. The van der Waals surface area contributed by atoms with Crippen LogP contribution in [0.1, 0.15) is 10.4 Å². The van der Waals surface area contributed by atoms with Crippen LogP contribution in [0.4, 0.5) is 11.4 Å². The van der Waals surface area contributed by atoms with Gasteiger partial charge in [-0.1, -0.05) is 0 Å². The minimum absolute atomic E-state index is 0.230. The van der Waals surface area contributed by atoms with Crippen molar-refractivity contribution in [3.05, 3.63) is 48.0 Å². The van der Waals surface area contributed by atoms with E-state index in [1.54, 1.807) is 24.3 Å². The van der Waals surface area contributed by atoms with Crippen LogP contribution in [0.3, 0.4) is 0 Å². The van der Waals surface area contributed by atoms with Crippen molar-refractivity contribution in [2.45, 2.75) is 0 Å². The van der Waals surface area contributed by atoms with E-state index < -0.39 is 0 Å². The number of carbonyl (C=O) groups is 1. The van der Waals surface area contributed by atoms with Gasteiger partial charge in [0.05, 0.1) is 12.7 Å². The first-order chi connectivity index (χ1) is 11.2. The van der Waals surface area contributed by atoms with Crippen LogP contribution in [0, 0.1) is 0 Å². The second kappa shape index (κ2) is 6.53. The standard InChI is InChI=1S/C16H14N2O4S/c1-20-15(19)10-2-4-11(5-3-10)17-16(23)18-12-6-7-13-14(8-12)22-9-21-13/h2-8H,9H2,1H3,(H2,17,18,23). The fourth-order valence-electron chi connectivity index (χ4n) is 2.08. The number of nitrogens with one attached hydrogen (secondary N) is 2. The number of benzene rings is 2. The van der Waals surface area contributed by atoms with Crippen LogP contribution < -0.4 is 20.1 Å². The zero-order chi connectivity index (χ0) is 16.2. The Kier molecular flexibility index (Phi) is 4.29. The van der Waals surface area contributed by atoms with Gasteiger partial charge < -0.3 is 24.8 Å². The lowest BCUT2D eigenvalue weighted by atomic mass is 10.2. The van der Waals surface area contributed by atoms with Gasteiger partial charge in [-0.25, -0.2) is 4.79 Å². The predicted molar refractivity (Wildman–Crippen MR) is 90.2 cm³/mol. The smallest absolute Gasteiger partial charge is 0.337 e. The molecule has 7 heteroatoms. The van der Waals surface area contributed by atoms with Gasteiger partial charge in [0, 0.05) is 17.4 Å². The van der Waals surface area contributed by atoms with Crippen LogP contribution in [0.5, 0.6) is 11.5 Å². The van der Waals surface area contributed by atoms with E-state index in [-0.39, 0.29) is 12.8 Å². The third-order valence-electron chi connectivity index (χ3n) is 3.19. The van der Waals surface area contributed by atoms with Gasteiger partial charge >= 0.3 is 5.97 Å². The average Bonchev–Trinajstić information content (AvgIpc) is 3.02. The molecular weight excluding hydrogens is 316 g/mol. The third kappa shape index (κ3) is 3.51. The van der Waals surface area contributed by atoms with Gasteiger partial charge in [-0.3, -0.25) is 0 Å². The Hall–Kier alpha value is -2.80. The molecule has 0 bridgehead atoms. The summed E-state index contributed by atoms with van der Waals surface area (Å²) in [7, 11) is 1.35. The number of rotatable bonds is 3. The van der Waals surface area contributed by atoms with E-state index in [1.165, 1.54) is 7.11 Å². The predicted octanol–water partition coefficient (Wildman–Crippen LogP) is 3.01. The molecule has 1 aliphatic heterocycles. The maximum absolute atomic E-state index is 11.4. The monoisotopic (exact) mass is 330 g/mol. The SMILES string of the molecule is COC(=O)c1ccc(NC(=S)Nc2ccc3c(c2)OCO3)cc1. The summed E-state index contributed by atoms with van der Waals surface area (Å²) in [5.41, 5.74) is 2.03. The molecule has 0 aliphatic carbocycles. The van der Waals surface area contributed by atoms with Crippen molar-refractivity contribution in [2.24, 2.45) is 0 Å². The molecule has 1 heterocycles. The van der Waals surface area contributed by atoms with Crippen molar-refractivity contribution in [3.8, 4) is 11.5 Å². The lowest BCUT2D eigenvalue weighted by Gasteiger charge is -2.11. The number of anilines is 2. The largest absolute Gasteiger partial charge is 0.465 e. The Morgan fingerprint density at radius 2 is 1.70 bits per heavy atom. The number of hydrogen-bond acceptors (Lipinski definition) is 5. The van der Waals surface area contributed by atoms with Crippen molar-refractivity contribution in [2.75, 3.05) is 24.5 Å². The molecular formula is C16H14N2O4S. The van der Waals surface area contributed by atoms with E-state index in [9.17, 15) is 4.79 Å². The first kappa shape index (κ1) is 15.1. The van der Waals surface area contributed by atoms with E-state index in [2.05, 4.69) is 15.4 Å². The number of ether oxygens (including phenoxy) is 3. The number of carbonyl (C=O) groups excluding carboxylic acids is 1. The molecule has 0 aromatic heterocycles. The van der Waals surface area contributed by atoms with E-state index in [4.69, 9.17) is 21.7 Å². The van der Waals surface area contributed by atoms with E-state index in [0.29, 0.717) is 22.2 Å². The number of esters is 1. The number of thiocarbonyl (C=S) groups is 1. The van der Waals surface area contributed by atoms with Gasteiger partial charge in [-0.2, -0.15) is 0 Å². The highest BCUT2D eigenvalue weighted by Crippen LogP contribution is 2.34. The molecule has 2 aromatic rings. The molecule has 118 valence electrons. The summed E-state index contributed by atoms with van der Waals surface area (Å²) in [6, 6.07) is 12.3. The molecule has 2 N–H and O–H groups in total. The summed E-state index contributed by atoms with van der Waals surface area (Å²) in [4.78, 5) is 11.4. The van der Waals surface area contributed by atoms with E-state index >= 15 is 0 Å². The number of fused-ring (bicyclic) bond motifs is 1. The second-order valence-corrected chi connectivity index (χ2v) is 5.12. The van der Waals surface area contributed by atoms with Gasteiger partial charge in [-0.05, 0) is 48.6 Å². The Bertz CT molecular complexity index is 746. The highest BCUT2D eigenvalue weighted by Gasteiger charge is 2.13. The molecule has 0 saturated carbocycles. The molecule has 0 amide bonds. The molecule has 6 nitrogen and oxygen atoms in total. The molecule has 0 atom stereocenters. The van der Waals surface area contributed by atoms with Crippen molar-refractivity contribution in [1.82, 2.24) is 0 Å². The normalized spacial score (nSPS) is 11.7. The zero-order valence-electron chi connectivity index (χ0n) is 12.3. The Morgan fingerprint density at radius 3 is 2.43 bits per heavy atom. The average molecular weight is 330 g/mol. The van der Waals surface area contributed by atoms with Crippen molar-refractivity contribution >= 4 is 34.7 Å². The Labute approximate surface area is 138 Å². The second-order valence-electron chi connectivity index (χ2n) is 4.72. The first-order valence-electron chi connectivity index (χ1n) is 6.82. The Balaban J connectivity index is 1.62. The van der Waals surface area contributed by atoms with Crippen LogP contribution in [-0.4, -0.2) is 25.0 Å². The summed E-state index contributed by atoms with van der Waals surface area (Å²) >= 11 is 5.27. The first-order valence-corrected chi connectivity index (χ1v) is 7.22.